The van der Waals surface area contributed by atoms with E-state index in [1.807, 2.05) is 6.08 Å². The topological polar surface area (TPSA) is 89.8 Å². The van der Waals surface area contributed by atoms with E-state index in [0.29, 0.717) is 6.42 Å². The fourth-order valence-corrected chi connectivity index (χ4v) is 5.20. The largest absolute Gasteiger partial charge is 0.394 e. The van der Waals surface area contributed by atoms with Crippen molar-refractivity contribution in [2.24, 2.45) is 0 Å². The lowest BCUT2D eigenvalue weighted by molar-refractivity contribution is -0.131. The van der Waals surface area contributed by atoms with Crippen molar-refractivity contribution in [3.63, 3.8) is 0 Å². The predicted molar refractivity (Wildman–Crippen MR) is 176 cm³/mol. The van der Waals surface area contributed by atoms with Crippen molar-refractivity contribution in [2.75, 3.05) is 6.61 Å². The molecule has 0 aliphatic heterocycles. The summed E-state index contributed by atoms with van der Waals surface area (Å²) in [6.45, 7) is 4.14. The number of hydrogen-bond donors (Lipinski definition) is 4. The van der Waals surface area contributed by atoms with E-state index < -0.39 is 24.2 Å². The average molecular weight is 580 g/mol. The maximum absolute atomic E-state index is 12.4. The molecule has 0 fully saturated rings. The number of carbonyl (C=O) groups is 1. The molecule has 41 heavy (non-hydrogen) atoms. The SMILES string of the molecule is CCCCCCCCC/C=C/CC/C=C/C(O)C(CO)NC(=O)C(O)CCCCCCCCCCCCCCCC. The van der Waals surface area contributed by atoms with E-state index in [2.05, 4.69) is 31.3 Å². The molecular weight excluding hydrogens is 510 g/mol. The molecule has 4 N–H and O–H groups in total. The summed E-state index contributed by atoms with van der Waals surface area (Å²) in [5, 5.41) is 32.8. The van der Waals surface area contributed by atoms with Gasteiger partial charge in [-0.2, -0.15) is 0 Å². The Kier molecular flexibility index (Phi) is 30.9. The normalized spacial score (nSPS) is 14.2. The predicted octanol–water partition coefficient (Wildman–Crippen LogP) is 9.09. The van der Waals surface area contributed by atoms with Crippen LogP contribution in [-0.4, -0.2) is 46.1 Å². The van der Waals surface area contributed by atoms with E-state index in [9.17, 15) is 20.1 Å². The first-order chi connectivity index (χ1) is 20.1. The molecule has 5 heteroatoms. The zero-order chi connectivity index (χ0) is 30.2. The van der Waals surface area contributed by atoms with Crippen LogP contribution in [0.15, 0.2) is 24.3 Å². The Hall–Kier alpha value is -1.17. The van der Waals surface area contributed by atoms with Gasteiger partial charge < -0.3 is 20.6 Å². The zero-order valence-electron chi connectivity index (χ0n) is 27.2. The Morgan fingerprint density at radius 1 is 0.585 bits per heavy atom. The molecule has 0 aromatic carbocycles. The van der Waals surface area contributed by atoms with Crippen molar-refractivity contribution in [3.8, 4) is 0 Å². The van der Waals surface area contributed by atoms with Gasteiger partial charge in [-0.3, -0.25) is 4.79 Å². The highest BCUT2D eigenvalue weighted by Gasteiger charge is 2.22. The van der Waals surface area contributed by atoms with Crippen LogP contribution >= 0.6 is 0 Å². The van der Waals surface area contributed by atoms with Crippen LogP contribution in [0.1, 0.15) is 174 Å². The van der Waals surface area contributed by atoms with Gasteiger partial charge in [-0.1, -0.05) is 167 Å². The van der Waals surface area contributed by atoms with Gasteiger partial charge in [0.2, 0.25) is 5.91 Å². The van der Waals surface area contributed by atoms with E-state index in [4.69, 9.17) is 0 Å². The van der Waals surface area contributed by atoms with Crippen molar-refractivity contribution in [2.45, 2.75) is 193 Å². The van der Waals surface area contributed by atoms with E-state index in [0.717, 1.165) is 38.5 Å². The van der Waals surface area contributed by atoms with Crippen molar-refractivity contribution in [1.29, 1.82) is 0 Å². The van der Waals surface area contributed by atoms with E-state index in [1.54, 1.807) is 6.08 Å². The highest BCUT2D eigenvalue weighted by molar-refractivity contribution is 5.80. The third kappa shape index (κ3) is 27.4. The lowest BCUT2D eigenvalue weighted by Gasteiger charge is -2.21. The van der Waals surface area contributed by atoms with Crippen LogP contribution < -0.4 is 5.32 Å². The molecule has 0 rings (SSSR count). The highest BCUT2D eigenvalue weighted by atomic mass is 16.3. The summed E-state index contributed by atoms with van der Waals surface area (Å²) >= 11 is 0. The molecule has 0 aromatic rings. The third-order valence-electron chi connectivity index (χ3n) is 8.04. The molecular formula is C36H69NO4. The van der Waals surface area contributed by atoms with Crippen LogP contribution in [0.5, 0.6) is 0 Å². The number of nitrogens with one attached hydrogen (secondary N) is 1. The van der Waals surface area contributed by atoms with Crippen molar-refractivity contribution in [3.05, 3.63) is 24.3 Å². The minimum Gasteiger partial charge on any atom is -0.394 e. The Labute approximate surface area is 254 Å². The lowest BCUT2D eigenvalue weighted by atomic mass is 10.0. The smallest absolute Gasteiger partial charge is 0.249 e. The molecule has 0 saturated carbocycles. The summed E-state index contributed by atoms with van der Waals surface area (Å²) in [5.41, 5.74) is 0. The number of allylic oxidation sites excluding steroid dienone is 3. The number of aliphatic hydroxyl groups excluding tert-OH is 3. The van der Waals surface area contributed by atoms with Crippen molar-refractivity contribution >= 4 is 5.91 Å². The van der Waals surface area contributed by atoms with Crippen LogP contribution in [0.4, 0.5) is 0 Å². The second-order valence-corrected chi connectivity index (χ2v) is 12.1. The molecule has 0 bridgehead atoms. The molecule has 0 radical (unpaired) electrons. The number of unbranched alkanes of at least 4 members (excludes halogenated alkanes) is 21. The van der Waals surface area contributed by atoms with Gasteiger partial charge in [-0.05, 0) is 32.1 Å². The molecule has 0 spiro atoms. The fraction of sp³-hybridized carbons (Fsp3) is 0.861. The second kappa shape index (κ2) is 31.8. The van der Waals surface area contributed by atoms with E-state index in [-0.39, 0.29) is 6.61 Å². The minimum atomic E-state index is -1.10. The molecule has 0 aliphatic rings. The number of carbonyl (C=O) groups excluding carboxylic acids is 1. The third-order valence-corrected chi connectivity index (χ3v) is 8.04. The molecule has 0 saturated heterocycles. The highest BCUT2D eigenvalue weighted by Crippen LogP contribution is 2.14. The molecule has 1 amide bonds. The van der Waals surface area contributed by atoms with Gasteiger partial charge in [0.15, 0.2) is 0 Å². The Morgan fingerprint density at radius 3 is 1.49 bits per heavy atom. The van der Waals surface area contributed by atoms with Crippen LogP contribution in [0.3, 0.4) is 0 Å². The van der Waals surface area contributed by atoms with Crippen LogP contribution in [0.25, 0.3) is 0 Å². The average Bonchev–Trinajstić information content (AvgIpc) is 2.98. The number of rotatable bonds is 31. The number of amides is 1. The van der Waals surface area contributed by atoms with Gasteiger partial charge in [-0.25, -0.2) is 0 Å². The summed E-state index contributed by atoms with van der Waals surface area (Å²) in [4.78, 5) is 12.4. The molecule has 0 aromatic heterocycles. The van der Waals surface area contributed by atoms with Gasteiger partial charge in [0.1, 0.15) is 6.10 Å². The van der Waals surface area contributed by atoms with Crippen LogP contribution in [0.2, 0.25) is 0 Å². The van der Waals surface area contributed by atoms with Crippen molar-refractivity contribution in [1.82, 2.24) is 5.32 Å². The molecule has 0 aliphatic carbocycles. The maximum Gasteiger partial charge on any atom is 0.249 e. The summed E-state index contributed by atoms with van der Waals surface area (Å²) in [6, 6.07) is -0.808. The van der Waals surface area contributed by atoms with Crippen LogP contribution in [-0.2, 0) is 4.79 Å². The first kappa shape index (κ1) is 39.8. The van der Waals surface area contributed by atoms with Crippen LogP contribution in [0, 0.1) is 0 Å². The van der Waals surface area contributed by atoms with E-state index >= 15 is 0 Å². The molecule has 242 valence electrons. The first-order valence-corrected chi connectivity index (χ1v) is 17.7. The van der Waals surface area contributed by atoms with Gasteiger partial charge in [0, 0.05) is 0 Å². The second-order valence-electron chi connectivity index (χ2n) is 12.1. The van der Waals surface area contributed by atoms with Gasteiger partial charge in [-0.15, -0.1) is 0 Å². The monoisotopic (exact) mass is 580 g/mol. The molecule has 3 atom stereocenters. The molecule has 0 heterocycles. The number of aliphatic hydroxyl groups is 3. The summed E-state index contributed by atoms with van der Waals surface area (Å²) < 4.78 is 0. The Bertz CT molecular complexity index is 606. The molecule has 3 unspecified atom stereocenters. The first-order valence-electron chi connectivity index (χ1n) is 17.7. The van der Waals surface area contributed by atoms with E-state index in [1.165, 1.54) is 116 Å². The van der Waals surface area contributed by atoms with Gasteiger partial charge in [0.25, 0.3) is 0 Å². The summed E-state index contributed by atoms with van der Waals surface area (Å²) in [6.07, 6.45) is 36.2. The number of hydrogen-bond acceptors (Lipinski definition) is 4. The Morgan fingerprint density at radius 2 is 1.00 bits per heavy atom. The molecule has 5 nitrogen and oxygen atoms in total. The summed E-state index contributed by atoms with van der Waals surface area (Å²) in [7, 11) is 0. The lowest BCUT2D eigenvalue weighted by Crippen LogP contribution is -2.48. The Balaban J connectivity index is 3.80. The minimum absolute atomic E-state index is 0.374. The van der Waals surface area contributed by atoms with Gasteiger partial charge >= 0.3 is 0 Å². The van der Waals surface area contributed by atoms with Gasteiger partial charge in [0.05, 0.1) is 18.8 Å². The van der Waals surface area contributed by atoms with Crippen molar-refractivity contribution < 1.29 is 20.1 Å². The maximum atomic E-state index is 12.4. The standard InChI is InChI=1S/C36H69NO4/c1-3-5-7-9-11-13-15-17-19-21-23-25-27-29-31-35(40)36(41)37-33(32-38)34(39)30-28-26-24-22-20-18-16-14-12-10-8-6-4-2/h20,22,28,30,33-35,38-40H,3-19,21,23-27,29,31-32H2,1-2H3,(H,37,41)/b22-20+,30-28+. The summed E-state index contributed by atoms with van der Waals surface area (Å²) in [5.74, 6) is -0.514. The quantitative estimate of drug-likeness (QED) is 0.0487. The fourth-order valence-electron chi connectivity index (χ4n) is 5.20. The zero-order valence-corrected chi connectivity index (χ0v) is 27.2.